The molecule has 0 unspecified atom stereocenters. The smallest absolute Gasteiger partial charge is 0.220 e. The van der Waals surface area contributed by atoms with Crippen molar-refractivity contribution in [3.05, 3.63) is 17.5 Å². The van der Waals surface area contributed by atoms with Crippen LogP contribution in [0.25, 0.3) is 0 Å². The fourth-order valence-electron chi connectivity index (χ4n) is 1.52. The van der Waals surface area contributed by atoms with Crippen LogP contribution < -0.4 is 0 Å². The van der Waals surface area contributed by atoms with Gasteiger partial charge in [0.15, 0.2) is 0 Å². The van der Waals surface area contributed by atoms with Crippen molar-refractivity contribution >= 4 is 10.0 Å². The predicted molar refractivity (Wildman–Crippen MR) is 67.5 cm³/mol. The highest BCUT2D eigenvalue weighted by atomic mass is 32.2. The number of sulfonamides is 1. The van der Waals surface area contributed by atoms with E-state index in [9.17, 15) is 8.42 Å². The van der Waals surface area contributed by atoms with E-state index in [1.165, 1.54) is 11.4 Å². The largest absolute Gasteiger partial charge is 0.383 e. The summed E-state index contributed by atoms with van der Waals surface area (Å²) < 4.78 is 35.4. The van der Waals surface area contributed by atoms with Crippen LogP contribution in [-0.4, -0.2) is 44.7 Å². The second-order valence-corrected chi connectivity index (χ2v) is 5.95. The average molecular weight is 287 g/mol. The van der Waals surface area contributed by atoms with Crippen LogP contribution in [-0.2, 0) is 20.5 Å². The third-order valence-corrected chi connectivity index (χ3v) is 4.23. The summed E-state index contributed by atoms with van der Waals surface area (Å²) in [6.07, 6.45) is 0.140. The van der Waals surface area contributed by atoms with Gasteiger partial charge in [-0.2, -0.15) is 9.57 Å². The van der Waals surface area contributed by atoms with E-state index in [0.717, 1.165) is 0 Å². The summed E-state index contributed by atoms with van der Waals surface area (Å²) >= 11 is 0. The molecule has 1 rings (SSSR count). The quantitative estimate of drug-likeness (QED) is 0.697. The molecule has 0 aliphatic rings. The van der Waals surface area contributed by atoms with E-state index < -0.39 is 10.0 Å². The third kappa shape index (κ3) is 4.98. The Hall–Kier alpha value is -1.43. The Balaban J connectivity index is 2.76. The standard InChI is InChI=1S/C11H17N3O4S/c1-10-8-11(13-18-10)9-19(15,16)14(5-3-4-12)6-7-17-2/h8H,3,5-7,9H2,1-2H3. The molecule has 0 fully saturated rings. The van der Waals surface area contributed by atoms with Crippen molar-refractivity contribution in [3.8, 4) is 6.07 Å². The van der Waals surface area contributed by atoms with Gasteiger partial charge in [-0.05, 0) is 6.92 Å². The molecule has 106 valence electrons. The number of ether oxygens (including phenoxy) is 1. The lowest BCUT2D eigenvalue weighted by Gasteiger charge is -2.19. The Morgan fingerprint density at radius 3 is 2.79 bits per heavy atom. The first-order valence-corrected chi connectivity index (χ1v) is 7.36. The molecule has 0 aliphatic heterocycles. The first kappa shape index (κ1) is 15.6. The molecule has 0 aliphatic carbocycles. The predicted octanol–water partition coefficient (Wildman–Crippen LogP) is 0.675. The van der Waals surface area contributed by atoms with Crippen LogP contribution in [0.2, 0.25) is 0 Å². The summed E-state index contributed by atoms with van der Waals surface area (Å²) in [4.78, 5) is 0. The number of rotatable bonds is 8. The molecule has 1 aromatic heterocycles. The van der Waals surface area contributed by atoms with E-state index in [-0.39, 0.29) is 31.9 Å². The van der Waals surface area contributed by atoms with Crippen LogP contribution in [0, 0.1) is 18.3 Å². The molecule has 8 heteroatoms. The molecule has 0 aromatic carbocycles. The third-order valence-electron chi connectivity index (χ3n) is 2.42. The van der Waals surface area contributed by atoms with Gasteiger partial charge in [0.2, 0.25) is 10.0 Å². The summed E-state index contributed by atoms with van der Waals surface area (Å²) in [7, 11) is -2.03. The lowest BCUT2D eigenvalue weighted by Crippen LogP contribution is -2.35. The number of hydrogen-bond acceptors (Lipinski definition) is 6. The van der Waals surface area contributed by atoms with Crippen molar-refractivity contribution in [1.29, 1.82) is 5.26 Å². The molecule has 0 N–H and O–H groups in total. The molecule has 7 nitrogen and oxygen atoms in total. The highest BCUT2D eigenvalue weighted by molar-refractivity contribution is 7.88. The number of nitriles is 1. The summed E-state index contributed by atoms with van der Waals surface area (Å²) in [5, 5.41) is 12.2. The highest BCUT2D eigenvalue weighted by Gasteiger charge is 2.23. The second-order valence-electron chi connectivity index (χ2n) is 3.99. The number of aryl methyl sites for hydroxylation is 1. The minimum atomic E-state index is -3.53. The molecule has 0 spiro atoms. The van der Waals surface area contributed by atoms with Gasteiger partial charge >= 0.3 is 0 Å². The molecular formula is C11H17N3O4S. The van der Waals surface area contributed by atoms with Crippen LogP contribution in [0.3, 0.4) is 0 Å². The van der Waals surface area contributed by atoms with Gasteiger partial charge in [0, 0.05) is 32.7 Å². The first-order valence-electron chi connectivity index (χ1n) is 5.75. The zero-order chi connectivity index (χ0) is 14.3. The van der Waals surface area contributed by atoms with Gasteiger partial charge in [-0.15, -0.1) is 0 Å². The second kappa shape index (κ2) is 7.23. The topological polar surface area (TPSA) is 96.4 Å². The Morgan fingerprint density at radius 1 is 1.53 bits per heavy atom. The van der Waals surface area contributed by atoms with Gasteiger partial charge < -0.3 is 9.26 Å². The van der Waals surface area contributed by atoms with Gasteiger partial charge in [0.05, 0.1) is 12.7 Å². The Labute approximate surface area is 112 Å². The van der Waals surface area contributed by atoms with Crippen molar-refractivity contribution in [1.82, 2.24) is 9.46 Å². The van der Waals surface area contributed by atoms with E-state index >= 15 is 0 Å². The minimum absolute atomic E-state index is 0.140. The van der Waals surface area contributed by atoms with E-state index in [4.69, 9.17) is 14.5 Å². The molecule has 0 radical (unpaired) electrons. The summed E-state index contributed by atoms with van der Waals surface area (Å²) in [6, 6.07) is 3.51. The fraction of sp³-hybridized carbons (Fsp3) is 0.636. The van der Waals surface area contributed by atoms with Crippen LogP contribution in [0.15, 0.2) is 10.6 Å². The minimum Gasteiger partial charge on any atom is -0.383 e. The van der Waals surface area contributed by atoms with Crippen molar-refractivity contribution in [2.45, 2.75) is 19.1 Å². The van der Waals surface area contributed by atoms with Gasteiger partial charge in [-0.3, -0.25) is 0 Å². The van der Waals surface area contributed by atoms with Crippen molar-refractivity contribution < 1.29 is 17.7 Å². The van der Waals surface area contributed by atoms with Crippen LogP contribution in [0.5, 0.6) is 0 Å². The molecule has 1 aromatic rings. The Bertz CT molecular complexity index is 532. The van der Waals surface area contributed by atoms with Gasteiger partial charge in [0.25, 0.3) is 0 Å². The average Bonchev–Trinajstić information content (AvgIpc) is 2.73. The molecule has 19 heavy (non-hydrogen) atoms. The fourth-order valence-corrected chi connectivity index (χ4v) is 2.94. The summed E-state index contributed by atoms with van der Waals surface area (Å²) in [6.45, 7) is 2.35. The zero-order valence-electron chi connectivity index (χ0n) is 11.0. The van der Waals surface area contributed by atoms with Crippen molar-refractivity contribution in [2.24, 2.45) is 0 Å². The Kier molecular flexibility index (Phi) is 5.95. The highest BCUT2D eigenvalue weighted by Crippen LogP contribution is 2.11. The number of methoxy groups -OCH3 is 1. The number of nitrogens with zero attached hydrogens (tertiary/aromatic N) is 3. The maximum absolute atomic E-state index is 12.2. The maximum atomic E-state index is 12.2. The van der Waals surface area contributed by atoms with Crippen LogP contribution in [0.1, 0.15) is 17.9 Å². The van der Waals surface area contributed by atoms with Gasteiger partial charge in [-0.25, -0.2) is 8.42 Å². The maximum Gasteiger partial charge on any atom is 0.220 e. The van der Waals surface area contributed by atoms with E-state index in [0.29, 0.717) is 11.5 Å². The summed E-state index contributed by atoms with van der Waals surface area (Å²) in [5.41, 5.74) is 0.358. The number of hydrogen-bond donors (Lipinski definition) is 0. The molecule has 0 saturated carbocycles. The molecule has 1 heterocycles. The van der Waals surface area contributed by atoms with E-state index in [1.807, 2.05) is 6.07 Å². The summed E-state index contributed by atoms with van der Waals surface area (Å²) in [5.74, 6) is 0.324. The lowest BCUT2D eigenvalue weighted by molar-refractivity contribution is 0.179. The van der Waals surface area contributed by atoms with Crippen LogP contribution >= 0.6 is 0 Å². The van der Waals surface area contributed by atoms with Crippen molar-refractivity contribution in [3.63, 3.8) is 0 Å². The first-order chi connectivity index (χ1) is 8.99. The van der Waals surface area contributed by atoms with Gasteiger partial charge in [-0.1, -0.05) is 5.16 Å². The SMILES string of the molecule is COCCN(CCC#N)S(=O)(=O)Cc1cc(C)on1. The van der Waals surface area contributed by atoms with Crippen LogP contribution in [0.4, 0.5) is 0 Å². The Morgan fingerprint density at radius 2 is 2.26 bits per heavy atom. The number of aromatic nitrogens is 1. The lowest BCUT2D eigenvalue weighted by atomic mass is 10.4. The normalized spacial score (nSPS) is 11.7. The molecule has 0 saturated heterocycles. The van der Waals surface area contributed by atoms with Gasteiger partial charge in [0.1, 0.15) is 17.2 Å². The van der Waals surface area contributed by atoms with E-state index in [1.54, 1.807) is 13.0 Å². The van der Waals surface area contributed by atoms with Crippen molar-refractivity contribution in [2.75, 3.05) is 26.8 Å². The zero-order valence-corrected chi connectivity index (χ0v) is 11.8. The van der Waals surface area contributed by atoms with E-state index in [2.05, 4.69) is 5.16 Å². The monoisotopic (exact) mass is 287 g/mol. The molecule has 0 amide bonds. The molecular weight excluding hydrogens is 270 g/mol. The molecule has 0 atom stereocenters. The molecule has 0 bridgehead atoms.